The van der Waals surface area contributed by atoms with E-state index in [1.165, 1.54) is 0 Å². The van der Waals surface area contributed by atoms with E-state index in [0.717, 1.165) is 38.5 Å². The van der Waals surface area contributed by atoms with Gasteiger partial charge in [-0.15, -0.1) is 0 Å². The summed E-state index contributed by atoms with van der Waals surface area (Å²) in [7, 11) is 0. The highest BCUT2D eigenvalue weighted by molar-refractivity contribution is 5.82. The van der Waals surface area contributed by atoms with Crippen LogP contribution in [0.1, 0.15) is 65.7 Å². The van der Waals surface area contributed by atoms with Gasteiger partial charge in [-0.2, -0.15) is 13.2 Å². The molecule has 154 valence electrons. The number of ether oxygens (including phenoxy) is 3. The van der Waals surface area contributed by atoms with Gasteiger partial charge in [0.15, 0.2) is 6.29 Å². The molecule has 1 N–H and O–H groups in total. The van der Waals surface area contributed by atoms with E-state index in [4.69, 9.17) is 14.2 Å². The summed E-state index contributed by atoms with van der Waals surface area (Å²) in [5.41, 5.74) is 0. The fraction of sp³-hybridized carbons (Fsp3) is 0.944. The van der Waals surface area contributed by atoms with Crippen LogP contribution in [0, 0.1) is 0 Å². The van der Waals surface area contributed by atoms with E-state index < -0.39 is 36.6 Å². The topological polar surface area (TPSA) is 56.8 Å². The zero-order chi connectivity index (χ0) is 19.6. The van der Waals surface area contributed by atoms with Crippen molar-refractivity contribution in [2.24, 2.45) is 0 Å². The molecule has 1 aliphatic rings. The maximum atomic E-state index is 12.6. The van der Waals surface area contributed by atoms with Crippen molar-refractivity contribution in [1.82, 2.24) is 5.32 Å². The number of carbonyl (C=O) groups excluding carboxylic acids is 1. The molecule has 1 heterocycles. The zero-order valence-corrected chi connectivity index (χ0v) is 15.9. The van der Waals surface area contributed by atoms with E-state index in [0.29, 0.717) is 13.2 Å². The van der Waals surface area contributed by atoms with Crippen LogP contribution in [-0.2, 0) is 19.0 Å². The van der Waals surface area contributed by atoms with Crippen LogP contribution in [0.15, 0.2) is 0 Å². The maximum absolute atomic E-state index is 12.6. The highest BCUT2D eigenvalue weighted by Gasteiger charge is 2.44. The molecule has 0 aromatic rings. The lowest BCUT2D eigenvalue weighted by Gasteiger charge is -2.40. The molecule has 4 atom stereocenters. The fourth-order valence-corrected chi connectivity index (χ4v) is 2.93. The van der Waals surface area contributed by atoms with Crippen LogP contribution >= 0.6 is 0 Å². The molecule has 0 spiro atoms. The Labute approximate surface area is 153 Å². The summed E-state index contributed by atoms with van der Waals surface area (Å²) in [6, 6.07) is -0.800. The van der Waals surface area contributed by atoms with E-state index in [1.54, 1.807) is 6.92 Å². The number of halogens is 3. The molecule has 1 saturated heterocycles. The van der Waals surface area contributed by atoms with Gasteiger partial charge in [-0.3, -0.25) is 4.79 Å². The van der Waals surface area contributed by atoms with Crippen molar-refractivity contribution in [2.45, 2.75) is 96.4 Å². The lowest BCUT2D eigenvalue weighted by molar-refractivity contribution is -0.236. The van der Waals surface area contributed by atoms with Crippen molar-refractivity contribution in [3.05, 3.63) is 0 Å². The summed E-state index contributed by atoms with van der Waals surface area (Å²) in [5.74, 6) is -1.96. The van der Waals surface area contributed by atoms with Gasteiger partial charge in [0, 0.05) is 19.6 Å². The van der Waals surface area contributed by atoms with Crippen LogP contribution < -0.4 is 5.32 Å². The largest absolute Gasteiger partial charge is 0.471 e. The number of hydrogen-bond acceptors (Lipinski definition) is 4. The van der Waals surface area contributed by atoms with Crippen molar-refractivity contribution < 1.29 is 32.2 Å². The molecular weight excluding hydrogens is 351 g/mol. The molecule has 1 fully saturated rings. The molecule has 26 heavy (non-hydrogen) atoms. The third kappa shape index (κ3) is 8.22. The van der Waals surface area contributed by atoms with E-state index in [-0.39, 0.29) is 6.42 Å². The summed E-state index contributed by atoms with van der Waals surface area (Å²) in [4.78, 5) is 11.4. The molecule has 1 aliphatic heterocycles. The average molecular weight is 383 g/mol. The molecule has 0 aliphatic carbocycles. The highest BCUT2D eigenvalue weighted by atomic mass is 19.4. The monoisotopic (exact) mass is 383 g/mol. The average Bonchev–Trinajstić information content (AvgIpc) is 2.56. The number of carbonyl (C=O) groups is 1. The van der Waals surface area contributed by atoms with Crippen LogP contribution in [0.3, 0.4) is 0 Å². The first-order valence-corrected chi connectivity index (χ1v) is 9.55. The number of rotatable bonds is 11. The Bertz CT molecular complexity index is 406. The highest BCUT2D eigenvalue weighted by Crippen LogP contribution is 2.26. The molecule has 8 heteroatoms. The van der Waals surface area contributed by atoms with E-state index in [1.807, 2.05) is 0 Å². The molecule has 5 nitrogen and oxygen atoms in total. The maximum Gasteiger partial charge on any atom is 0.471 e. The number of amides is 1. The molecule has 0 bridgehead atoms. The van der Waals surface area contributed by atoms with E-state index in [9.17, 15) is 18.0 Å². The summed E-state index contributed by atoms with van der Waals surface area (Å²) < 4.78 is 55.1. The lowest BCUT2D eigenvalue weighted by Crippen LogP contribution is -2.58. The molecule has 1 amide bonds. The summed E-state index contributed by atoms with van der Waals surface area (Å²) in [6.07, 6.45) is -0.805. The Balaban J connectivity index is 2.66. The second-order valence-corrected chi connectivity index (χ2v) is 6.70. The van der Waals surface area contributed by atoms with Gasteiger partial charge in [0.2, 0.25) is 0 Å². The predicted octanol–water partition coefficient (Wildman–Crippen LogP) is 3.95. The zero-order valence-electron chi connectivity index (χ0n) is 15.9. The van der Waals surface area contributed by atoms with Crippen molar-refractivity contribution in [3.8, 4) is 0 Å². The Morgan fingerprint density at radius 3 is 2.19 bits per heavy atom. The predicted molar refractivity (Wildman–Crippen MR) is 91.7 cm³/mol. The normalized spacial score (nSPS) is 26.7. The van der Waals surface area contributed by atoms with Crippen LogP contribution in [0.5, 0.6) is 0 Å². The van der Waals surface area contributed by atoms with Gasteiger partial charge in [0.05, 0.1) is 12.1 Å². The number of unbranched alkanes of at least 4 members (excludes halogenated alkanes) is 4. The van der Waals surface area contributed by atoms with Crippen LogP contribution in [0.2, 0.25) is 0 Å². The Morgan fingerprint density at radius 1 is 1.08 bits per heavy atom. The van der Waals surface area contributed by atoms with Gasteiger partial charge in [0.1, 0.15) is 6.10 Å². The van der Waals surface area contributed by atoms with Gasteiger partial charge >= 0.3 is 12.1 Å². The Morgan fingerprint density at radius 2 is 1.65 bits per heavy atom. The van der Waals surface area contributed by atoms with Crippen molar-refractivity contribution >= 4 is 5.91 Å². The first-order valence-electron chi connectivity index (χ1n) is 9.55. The third-order valence-electron chi connectivity index (χ3n) is 4.36. The van der Waals surface area contributed by atoms with Crippen molar-refractivity contribution in [3.63, 3.8) is 0 Å². The second-order valence-electron chi connectivity index (χ2n) is 6.70. The van der Waals surface area contributed by atoms with Crippen molar-refractivity contribution in [2.75, 3.05) is 13.2 Å². The molecule has 0 aromatic heterocycles. The quantitative estimate of drug-likeness (QED) is 0.549. The number of alkyl halides is 3. The number of hydrogen-bond donors (Lipinski definition) is 1. The number of nitrogens with one attached hydrogen (secondary N) is 1. The molecule has 0 radical (unpaired) electrons. The lowest BCUT2D eigenvalue weighted by atomic mass is 9.99. The molecule has 0 saturated carbocycles. The van der Waals surface area contributed by atoms with Crippen LogP contribution in [0.4, 0.5) is 13.2 Å². The standard InChI is InChI=1S/C18H32F3NO4/c1-4-6-8-10-24-15-12-14(22-17(23)18(19,20)21)16(13(3)26-15)25-11-9-7-5-2/h13-16H,4-12H2,1-3H3,(H,22,23)/t13-,14-,15+,16+/m0/s1. The second kappa shape index (κ2) is 11.8. The summed E-state index contributed by atoms with van der Waals surface area (Å²) in [5, 5.41) is 2.06. The van der Waals surface area contributed by atoms with Crippen molar-refractivity contribution in [1.29, 1.82) is 0 Å². The first-order chi connectivity index (χ1) is 12.3. The van der Waals surface area contributed by atoms with Gasteiger partial charge in [-0.05, 0) is 19.8 Å². The summed E-state index contributed by atoms with van der Waals surface area (Å²) >= 11 is 0. The minimum atomic E-state index is -4.92. The van der Waals surface area contributed by atoms with E-state index in [2.05, 4.69) is 19.2 Å². The molecular formula is C18H32F3NO4. The smallest absolute Gasteiger partial charge is 0.373 e. The first kappa shape index (κ1) is 23.2. The van der Waals surface area contributed by atoms with E-state index >= 15 is 0 Å². The fourth-order valence-electron chi connectivity index (χ4n) is 2.93. The van der Waals surface area contributed by atoms with Crippen LogP contribution in [-0.4, -0.2) is 49.8 Å². The van der Waals surface area contributed by atoms with Gasteiger partial charge in [0.25, 0.3) is 0 Å². The third-order valence-corrected chi connectivity index (χ3v) is 4.36. The molecule has 0 aromatic carbocycles. The van der Waals surface area contributed by atoms with Gasteiger partial charge < -0.3 is 19.5 Å². The summed E-state index contributed by atoms with van der Waals surface area (Å²) in [6.45, 7) is 6.76. The van der Waals surface area contributed by atoms with Gasteiger partial charge in [-0.25, -0.2) is 0 Å². The van der Waals surface area contributed by atoms with Gasteiger partial charge in [-0.1, -0.05) is 39.5 Å². The Hall–Kier alpha value is -0.860. The SMILES string of the molecule is CCCCCO[C@H]1C[C@H](NC(=O)C(F)(F)F)[C@H](OCCCCC)[C@H](C)O1. The minimum Gasteiger partial charge on any atom is -0.373 e. The minimum absolute atomic E-state index is 0.136. The van der Waals surface area contributed by atoms with Crippen LogP contribution in [0.25, 0.3) is 0 Å². The molecule has 1 rings (SSSR count). The Kier molecular flexibility index (Phi) is 10.5. The molecule has 0 unspecified atom stereocenters.